The normalized spacial score (nSPS) is 9.75. The fourth-order valence-electron chi connectivity index (χ4n) is 1.15. The Morgan fingerprint density at radius 1 is 1.38 bits per heavy atom. The van der Waals surface area contributed by atoms with Gasteiger partial charge in [0.15, 0.2) is 0 Å². The van der Waals surface area contributed by atoms with Crippen molar-refractivity contribution in [2.75, 3.05) is 0 Å². The summed E-state index contributed by atoms with van der Waals surface area (Å²) in [5, 5.41) is 3.15. The number of hydrogen-bond donors (Lipinski definition) is 1. The second-order valence-electron chi connectivity index (χ2n) is 3.05. The van der Waals surface area contributed by atoms with Gasteiger partial charge in [0.2, 0.25) is 5.06 Å². The van der Waals surface area contributed by atoms with E-state index in [2.05, 4.69) is 10.3 Å². The Balaban J connectivity index is 1.80. The SMILES string of the molecule is O=C(NCc1ccccc1)Oc1cncs1. The van der Waals surface area contributed by atoms with Crippen molar-refractivity contribution in [2.45, 2.75) is 6.54 Å². The molecule has 0 fully saturated rings. The van der Waals surface area contributed by atoms with E-state index >= 15 is 0 Å². The second kappa shape index (κ2) is 5.27. The van der Waals surface area contributed by atoms with Gasteiger partial charge in [0.05, 0.1) is 11.7 Å². The Morgan fingerprint density at radius 3 is 2.88 bits per heavy atom. The molecule has 0 aliphatic rings. The molecular formula is C11H10N2O2S. The minimum atomic E-state index is -0.465. The van der Waals surface area contributed by atoms with E-state index < -0.39 is 6.09 Å². The first kappa shape index (κ1) is 10.6. The molecule has 0 unspecified atom stereocenters. The van der Waals surface area contributed by atoms with Gasteiger partial charge in [-0.15, -0.1) is 0 Å². The first-order valence-electron chi connectivity index (χ1n) is 4.73. The summed E-state index contributed by atoms with van der Waals surface area (Å²) in [5.74, 6) is 0. The van der Waals surface area contributed by atoms with Crippen LogP contribution < -0.4 is 10.1 Å². The third-order valence-electron chi connectivity index (χ3n) is 1.88. The van der Waals surface area contributed by atoms with Crippen LogP contribution in [-0.4, -0.2) is 11.1 Å². The van der Waals surface area contributed by atoms with Crippen LogP contribution in [0, 0.1) is 0 Å². The molecule has 1 N–H and O–H groups in total. The van der Waals surface area contributed by atoms with Crippen molar-refractivity contribution >= 4 is 17.4 Å². The standard InChI is InChI=1S/C11H10N2O2S/c14-11(15-10-7-12-8-16-10)13-6-9-4-2-1-3-5-9/h1-5,7-8H,6H2,(H,13,14). The number of thiazole rings is 1. The molecule has 2 rings (SSSR count). The molecule has 5 heteroatoms. The summed E-state index contributed by atoms with van der Waals surface area (Å²) >= 11 is 1.28. The van der Waals surface area contributed by atoms with Crippen LogP contribution in [0.3, 0.4) is 0 Å². The third kappa shape index (κ3) is 3.06. The van der Waals surface area contributed by atoms with Crippen LogP contribution in [0.25, 0.3) is 0 Å². The van der Waals surface area contributed by atoms with Crippen molar-refractivity contribution in [3.8, 4) is 5.06 Å². The number of carbonyl (C=O) groups is 1. The zero-order chi connectivity index (χ0) is 11.2. The van der Waals surface area contributed by atoms with E-state index in [1.54, 1.807) is 5.51 Å². The Morgan fingerprint density at radius 2 is 2.19 bits per heavy atom. The van der Waals surface area contributed by atoms with Gasteiger partial charge in [-0.3, -0.25) is 0 Å². The van der Waals surface area contributed by atoms with Gasteiger partial charge in [-0.05, 0) is 5.56 Å². The molecule has 4 nitrogen and oxygen atoms in total. The van der Waals surface area contributed by atoms with Crippen LogP contribution in [0.2, 0.25) is 0 Å². The Kier molecular flexibility index (Phi) is 3.50. The summed E-state index contributed by atoms with van der Waals surface area (Å²) in [7, 11) is 0. The molecular weight excluding hydrogens is 224 g/mol. The zero-order valence-corrected chi connectivity index (χ0v) is 9.24. The smallest absolute Gasteiger partial charge is 0.397 e. The second-order valence-corrected chi connectivity index (χ2v) is 3.90. The monoisotopic (exact) mass is 234 g/mol. The lowest BCUT2D eigenvalue weighted by Gasteiger charge is -2.04. The molecule has 0 radical (unpaired) electrons. The van der Waals surface area contributed by atoms with Crippen LogP contribution >= 0.6 is 11.3 Å². The molecule has 1 aromatic carbocycles. The molecule has 82 valence electrons. The number of ether oxygens (including phenoxy) is 1. The number of nitrogens with one attached hydrogen (secondary N) is 1. The predicted octanol–water partition coefficient (Wildman–Crippen LogP) is 2.43. The molecule has 0 atom stereocenters. The molecule has 0 bridgehead atoms. The lowest BCUT2D eigenvalue weighted by molar-refractivity contribution is 0.201. The van der Waals surface area contributed by atoms with Crippen molar-refractivity contribution in [3.63, 3.8) is 0 Å². The largest absolute Gasteiger partial charge is 0.413 e. The van der Waals surface area contributed by atoms with E-state index in [-0.39, 0.29) is 0 Å². The van der Waals surface area contributed by atoms with Crippen molar-refractivity contribution in [1.82, 2.24) is 10.3 Å². The minimum Gasteiger partial charge on any atom is -0.397 e. The van der Waals surface area contributed by atoms with Crippen molar-refractivity contribution in [3.05, 3.63) is 47.6 Å². The van der Waals surface area contributed by atoms with E-state index in [9.17, 15) is 4.79 Å². The van der Waals surface area contributed by atoms with Gasteiger partial charge in [0.1, 0.15) is 0 Å². The van der Waals surface area contributed by atoms with Gasteiger partial charge >= 0.3 is 6.09 Å². The van der Waals surface area contributed by atoms with E-state index in [1.165, 1.54) is 17.5 Å². The van der Waals surface area contributed by atoms with Gasteiger partial charge in [0.25, 0.3) is 0 Å². The first-order chi connectivity index (χ1) is 7.84. The van der Waals surface area contributed by atoms with Crippen molar-refractivity contribution in [2.24, 2.45) is 0 Å². The molecule has 1 aromatic heterocycles. The summed E-state index contributed by atoms with van der Waals surface area (Å²) in [4.78, 5) is 15.1. The number of amides is 1. The zero-order valence-electron chi connectivity index (χ0n) is 8.42. The molecule has 2 aromatic rings. The predicted molar refractivity (Wildman–Crippen MR) is 61.4 cm³/mol. The van der Waals surface area contributed by atoms with E-state index in [0.717, 1.165) is 5.56 Å². The molecule has 0 saturated heterocycles. The van der Waals surface area contributed by atoms with E-state index in [0.29, 0.717) is 11.6 Å². The maximum atomic E-state index is 11.3. The average molecular weight is 234 g/mol. The van der Waals surface area contributed by atoms with E-state index in [4.69, 9.17) is 4.74 Å². The van der Waals surface area contributed by atoms with Crippen molar-refractivity contribution in [1.29, 1.82) is 0 Å². The summed E-state index contributed by atoms with van der Waals surface area (Å²) in [6, 6.07) is 9.65. The number of carbonyl (C=O) groups excluding carboxylic acids is 1. The van der Waals surface area contributed by atoms with Gasteiger partial charge in [0, 0.05) is 6.54 Å². The van der Waals surface area contributed by atoms with Gasteiger partial charge in [-0.25, -0.2) is 9.78 Å². The number of benzene rings is 1. The molecule has 0 spiro atoms. The number of hydrogen-bond acceptors (Lipinski definition) is 4. The topological polar surface area (TPSA) is 51.2 Å². The van der Waals surface area contributed by atoms with Gasteiger partial charge < -0.3 is 10.1 Å². The fraction of sp³-hybridized carbons (Fsp3) is 0.0909. The lowest BCUT2D eigenvalue weighted by atomic mass is 10.2. The summed E-state index contributed by atoms with van der Waals surface area (Å²) in [6.45, 7) is 0.457. The fourth-order valence-corrected chi connectivity index (χ4v) is 1.62. The maximum absolute atomic E-state index is 11.3. The van der Waals surface area contributed by atoms with Crippen LogP contribution in [0.4, 0.5) is 4.79 Å². The number of rotatable bonds is 3. The van der Waals surface area contributed by atoms with E-state index in [1.807, 2.05) is 30.3 Å². The maximum Gasteiger partial charge on any atom is 0.413 e. The lowest BCUT2D eigenvalue weighted by Crippen LogP contribution is -2.25. The van der Waals surface area contributed by atoms with Crippen LogP contribution in [0.15, 0.2) is 42.0 Å². The summed E-state index contributed by atoms with van der Waals surface area (Å²) in [5.41, 5.74) is 2.64. The van der Waals surface area contributed by atoms with Gasteiger partial charge in [-0.2, -0.15) is 0 Å². The first-order valence-corrected chi connectivity index (χ1v) is 5.60. The highest BCUT2D eigenvalue weighted by molar-refractivity contribution is 7.11. The van der Waals surface area contributed by atoms with Crippen LogP contribution in [0.5, 0.6) is 5.06 Å². The quantitative estimate of drug-likeness (QED) is 0.887. The molecule has 0 saturated carbocycles. The van der Waals surface area contributed by atoms with Gasteiger partial charge in [-0.1, -0.05) is 41.7 Å². The summed E-state index contributed by atoms with van der Waals surface area (Å²) < 4.78 is 4.98. The molecule has 0 aliphatic heterocycles. The highest BCUT2D eigenvalue weighted by Crippen LogP contribution is 2.15. The Bertz CT molecular complexity index is 442. The van der Waals surface area contributed by atoms with Crippen LogP contribution in [-0.2, 0) is 6.54 Å². The Hall–Kier alpha value is -1.88. The highest BCUT2D eigenvalue weighted by atomic mass is 32.1. The molecule has 0 aliphatic carbocycles. The number of nitrogens with zero attached hydrogens (tertiary/aromatic N) is 1. The molecule has 16 heavy (non-hydrogen) atoms. The van der Waals surface area contributed by atoms with Crippen LogP contribution in [0.1, 0.15) is 5.56 Å². The highest BCUT2D eigenvalue weighted by Gasteiger charge is 2.04. The minimum absolute atomic E-state index is 0.457. The number of aromatic nitrogens is 1. The Labute approximate surface area is 96.9 Å². The molecule has 1 heterocycles. The summed E-state index contributed by atoms with van der Waals surface area (Å²) in [6.07, 6.45) is 1.04. The third-order valence-corrected chi connectivity index (χ3v) is 2.53. The molecule has 1 amide bonds. The average Bonchev–Trinajstić information content (AvgIpc) is 2.81. The van der Waals surface area contributed by atoms with Crippen molar-refractivity contribution < 1.29 is 9.53 Å².